The summed E-state index contributed by atoms with van der Waals surface area (Å²) in [6.45, 7) is 2.74. The number of unbranched alkanes of at least 4 members (excludes halogenated alkanes) is 2. The van der Waals surface area contributed by atoms with Gasteiger partial charge >= 0.3 is 0 Å². The molecule has 104 valence electrons. The lowest BCUT2D eigenvalue weighted by atomic mass is 10.2. The zero-order chi connectivity index (χ0) is 14.1. The van der Waals surface area contributed by atoms with E-state index in [0.717, 1.165) is 19.3 Å². The minimum absolute atomic E-state index is 0.0164. The van der Waals surface area contributed by atoms with Crippen LogP contribution in [0.15, 0.2) is 24.3 Å². The average molecular weight is 283 g/mol. The molecule has 0 atom stereocenters. The number of hydrogen-bond donors (Lipinski definition) is 2. The molecule has 0 radical (unpaired) electrons. The first-order chi connectivity index (χ1) is 9.13. The molecule has 5 heteroatoms. The maximum absolute atomic E-state index is 11.7. The van der Waals surface area contributed by atoms with Gasteiger partial charge in [0.25, 0.3) is 5.91 Å². The molecule has 1 rings (SSSR count). The van der Waals surface area contributed by atoms with Crippen LogP contribution in [0.5, 0.6) is 0 Å². The van der Waals surface area contributed by atoms with Gasteiger partial charge in [-0.15, -0.1) is 0 Å². The van der Waals surface area contributed by atoms with Gasteiger partial charge in [0.2, 0.25) is 5.91 Å². The van der Waals surface area contributed by atoms with E-state index in [9.17, 15) is 9.59 Å². The molecular formula is C14H19ClN2O2. The van der Waals surface area contributed by atoms with Crippen LogP contribution >= 0.6 is 11.6 Å². The number of carbonyl (C=O) groups excluding carboxylic acids is 2. The first-order valence-corrected chi connectivity index (χ1v) is 6.81. The molecule has 2 amide bonds. The number of amides is 2. The van der Waals surface area contributed by atoms with Crippen LogP contribution < -0.4 is 10.6 Å². The summed E-state index contributed by atoms with van der Waals surface area (Å²) in [5.41, 5.74) is 0.450. The van der Waals surface area contributed by atoms with Crippen molar-refractivity contribution in [1.82, 2.24) is 10.6 Å². The third-order valence-corrected chi connectivity index (χ3v) is 2.83. The highest BCUT2D eigenvalue weighted by Crippen LogP contribution is 2.10. The van der Waals surface area contributed by atoms with Gasteiger partial charge in [0, 0.05) is 17.1 Å². The van der Waals surface area contributed by atoms with Gasteiger partial charge in [-0.3, -0.25) is 9.59 Å². The van der Waals surface area contributed by atoms with Gasteiger partial charge in [0.15, 0.2) is 0 Å². The second-order valence-corrected chi connectivity index (χ2v) is 4.69. The smallest absolute Gasteiger partial charge is 0.251 e. The first-order valence-electron chi connectivity index (χ1n) is 6.44. The van der Waals surface area contributed by atoms with E-state index in [0.29, 0.717) is 17.1 Å². The van der Waals surface area contributed by atoms with Crippen molar-refractivity contribution in [2.24, 2.45) is 0 Å². The molecule has 0 aliphatic heterocycles. The second kappa shape index (κ2) is 8.53. The molecular weight excluding hydrogens is 264 g/mol. The fourth-order valence-corrected chi connectivity index (χ4v) is 1.75. The Morgan fingerprint density at radius 2 is 2.00 bits per heavy atom. The second-order valence-electron chi connectivity index (χ2n) is 4.25. The number of halogens is 1. The standard InChI is InChI=1S/C14H19ClN2O2/c1-2-3-4-8-16-13(18)10-17-14(19)11-6-5-7-12(15)9-11/h5-7,9H,2-4,8,10H2,1H3,(H,16,18)(H,17,19). The summed E-state index contributed by atoms with van der Waals surface area (Å²) in [6, 6.07) is 6.61. The van der Waals surface area contributed by atoms with E-state index in [-0.39, 0.29) is 18.4 Å². The summed E-state index contributed by atoms with van der Waals surface area (Å²) in [7, 11) is 0. The summed E-state index contributed by atoms with van der Waals surface area (Å²) in [6.07, 6.45) is 3.17. The summed E-state index contributed by atoms with van der Waals surface area (Å²) in [5.74, 6) is -0.474. The van der Waals surface area contributed by atoms with Crippen LogP contribution in [0.2, 0.25) is 5.02 Å². The van der Waals surface area contributed by atoms with Crippen molar-refractivity contribution in [1.29, 1.82) is 0 Å². The van der Waals surface area contributed by atoms with E-state index >= 15 is 0 Å². The molecule has 4 nitrogen and oxygen atoms in total. The number of hydrogen-bond acceptors (Lipinski definition) is 2. The Hall–Kier alpha value is -1.55. The van der Waals surface area contributed by atoms with Crippen LogP contribution in [0, 0.1) is 0 Å². The SMILES string of the molecule is CCCCCNC(=O)CNC(=O)c1cccc(Cl)c1. The van der Waals surface area contributed by atoms with Gasteiger partial charge < -0.3 is 10.6 Å². The Bertz CT molecular complexity index is 435. The Morgan fingerprint density at radius 3 is 2.68 bits per heavy atom. The molecule has 0 bridgehead atoms. The monoisotopic (exact) mass is 282 g/mol. The Labute approximate surface area is 118 Å². The van der Waals surface area contributed by atoms with Gasteiger partial charge in [-0.2, -0.15) is 0 Å². The summed E-state index contributed by atoms with van der Waals surface area (Å²) in [4.78, 5) is 23.2. The molecule has 0 spiro atoms. The zero-order valence-electron chi connectivity index (χ0n) is 11.0. The van der Waals surface area contributed by atoms with Crippen LogP contribution in [0.4, 0.5) is 0 Å². The van der Waals surface area contributed by atoms with E-state index in [1.807, 2.05) is 0 Å². The number of carbonyl (C=O) groups is 2. The average Bonchev–Trinajstić information content (AvgIpc) is 2.41. The molecule has 1 aromatic carbocycles. The minimum Gasteiger partial charge on any atom is -0.355 e. The van der Waals surface area contributed by atoms with E-state index < -0.39 is 0 Å². The quantitative estimate of drug-likeness (QED) is 0.755. The van der Waals surface area contributed by atoms with E-state index in [4.69, 9.17) is 11.6 Å². The molecule has 0 saturated heterocycles. The molecule has 1 aromatic rings. The predicted molar refractivity (Wildman–Crippen MR) is 76.3 cm³/mol. The highest BCUT2D eigenvalue weighted by Gasteiger charge is 2.07. The highest BCUT2D eigenvalue weighted by molar-refractivity contribution is 6.30. The molecule has 0 heterocycles. The Balaban J connectivity index is 2.28. The topological polar surface area (TPSA) is 58.2 Å². The minimum atomic E-state index is -0.300. The normalized spacial score (nSPS) is 10.0. The highest BCUT2D eigenvalue weighted by atomic mass is 35.5. The molecule has 19 heavy (non-hydrogen) atoms. The lowest BCUT2D eigenvalue weighted by Crippen LogP contribution is -2.37. The Morgan fingerprint density at radius 1 is 1.21 bits per heavy atom. The van der Waals surface area contributed by atoms with Crippen molar-refractivity contribution < 1.29 is 9.59 Å². The van der Waals surface area contributed by atoms with Gasteiger partial charge in [-0.25, -0.2) is 0 Å². The van der Waals surface area contributed by atoms with Gasteiger partial charge in [0.1, 0.15) is 0 Å². The molecule has 0 aliphatic rings. The first kappa shape index (κ1) is 15.5. The number of rotatable bonds is 7. The van der Waals surface area contributed by atoms with Gasteiger partial charge in [0.05, 0.1) is 6.54 Å². The lowest BCUT2D eigenvalue weighted by Gasteiger charge is -2.07. The van der Waals surface area contributed by atoms with Crippen LogP contribution in [0.3, 0.4) is 0 Å². The molecule has 0 fully saturated rings. The lowest BCUT2D eigenvalue weighted by molar-refractivity contribution is -0.120. The maximum atomic E-state index is 11.7. The summed E-state index contributed by atoms with van der Waals surface area (Å²) >= 11 is 5.79. The molecule has 0 saturated carbocycles. The third kappa shape index (κ3) is 6.25. The summed E-state index contributed by atoms with van der Waals surface area (Å²) < 4.78 is 0. The van der Waals surface area contributed by atoms with Crippen molar-refractivity contribution in [2.45, 2.75) is 26.2 Å². The van der Waals surface area contributed by atoms with E-state index in [2.05, 4.69) is 17.6 Å². The van der Waals surface area contributed by atoms with Crippen molar-refractivity contribution in [3.05, 3.63) is 34.9 Å². The predicted octanol–water partition coefficient (Wildman–Crippen LogP) is 2.38. The van der Waals surface area contributed by atoms with E-state index in [1.54, 1.807) is 24.3 Å². The number of nitrogens with one attached hydrogen (secondary N) is 2. The van der Waals surface area contributed by atoms with Crippen LogP contribution in [0.25, 0.3) is 0 Å². The Kier molecular flexibility index (Phi) is 6.97. The van der Waals surface area contributed by atoms with Crippen molar-refractivity contribution >= 4 is 23.4 Å². The molecule has 0 aliphatic carbocycles. The van der Waals surface area contributed by atoms with Crippen molar-refractivity contribution in [3.8, 4) is 0 Å². The molecule has 0 aromatic heterocycles. The fraction of sp³-hybridized carbons (Fsp3) is 0.429. The zero-order valence-corrected chi connectivity index (χ0v) is 11.8. The summed E-state index contributed by atoms with van der Waals surface area (Å²) in [5, 5.41) is 5.81. The largest absolute Gasteiger partial charge is 0.355 e. The van der Waals surface area contributed by atoms with Gasteiger partial charge in [-0.1, -0.05) is 37.4 Å². The van der Waals surface area contributed by atoms with Crippen LogP contribution in [-0.4, -0.2) is 24.9 Å². The fourth-order valence-electron chi connectivity index (χ4n) is 1.56. The number of benzene rings is 1. The molecule has 2 N–H and O–H groups in total. The molecule has 0 unspecified atom stereocenters. The van der Waals surface area contributed by atoms with E-state index in [1.165, 1.54) is 0 Å². The third-order valence-electron chi connectivity index (χ3n) is 2.60. The maximum Gasteiger partial charge on any atom is 0.251 e. The van der Waals surface area contributed by atoms with Crippen molar-refractivity contribution in [2.75, 3.05) is 13.1 Å². The van der Waals surface area contributed by atoms with Crippen LogP contribution in [0.1, 0.15) is 36.5 Å². The van der Waals surface area contributed by atoms with Crippen LogP contribution in [-0.2, 0) is 4.79 Å². The van der Waals surface area contributed by atoms with Gasteiger partial charge in [-0.05, 0) is 24.6 Å². The van der Waals surface area contributed by atoms with Crippen molar-refractivity contribution in [3.63, 3.8) is 0 Å².